The SMILES string of the molecule is O=C(O)[C@@H]1C[C@@H](O)CN1CCCn1cccn1. The molecule has 2 rings (SSSR count). The first-order valence-corrected chi connectivity index (χ1v) is 5.79. The maximum Gasteiger partial charge on any atom is 0.321 e. The van der Waals surface area contributed by atoms with Gasteiger partial charge in [-0.15, -0.1) is 0 Å². The smallest absolute Gasteiger partial charge is 0.321 e. The number of hydrogen-bond acceptors (Lipinski definition) is 4. The fourth-order valence-corrected chi connectivity index (χ4v) is 2.25. The molecular weight excluding hydrogens is 222 g/mol. The summed E-state index contributed by atoms with van der Waals surface area (Å²) in [5, 5.41) is 22.6. The molecule has 6 heteroatoms. The Balaban J connectivity index is 1.79. The summed E-state index contributed by atoms with van der Waals surface area (Å²) in [5.74, 6) is -0.847. The number of likely N-dealkylation sites (tertiary alicyclic amines) is 1. The van der Waals surface area contributed by atoms with Crippen molar-refractivity contribution in [2.24, 2.45) is 0 Å². The van der Waals surface area contributed by atoms with Gasteiger partial charge < -0.3 is 10.2 Å². The summed E-state index contributed by atoms with van der Waals surface area (Å²) < 4.78 is 1.82. The number of hydrogen-bond donors (Lipinski definition) is 2. The maximum absolute atomic E-state index is 11.0. The lowest BCUT2D eigenvalue weighted by molar-refractivity contribution is -0.142. The lowest BCUT2D eigenvalue weighted by Crippen LogP contribution is -2.36. The van der Waals surface area contributed by atoms with Crippen LogP contribution in [0.2, 0.25) is 0 Å². The zero-order chi connectivity index (χ0) is 12.3. The summed E-state index contributed by atoms with van der Waals surface area (Å²) in [4.78, 5) is 12.8. The van der Waals surface area contributed by atoms with Gasteiger partial charge in [0.15, 0.2) is 0 Å². The molecule has 1 aliphatic rings. The van der Waals surface area contributed by atoms with Gasteiger partial charge in [-0.25, -0.2) is 0 Å². The minimum absolute atomic E-state index is 0.330. The molecule has 1 fully saturated rings. The molecule has 6 nitrogen and oxygen atoms in total. The van der Waals surface area contributed by atoms with Gasteiger partial charge in [-0.2, -0.15) is 5.10 Å². The third kappa shape index (κ3) is 3.04. The second-order valence-electron chi connectivity index (χ2n) is 4.36. The molecule has 0 saturated carbocycles. The first-order valence-electron chi connectivity index (χ1n) is 5.79. The largest absolute Gasteiger partial charge is 0.480 e. The average molecular weight is 239 g/mol. The first-order chi connectivity index (χ1) is 8.16. The Morgan fingerprint density at radius 2 is 2.29 bits per heavy atom. The van der Waals surface area contributed by atoms with Crippen molar-refractivity contribution in [1.82, 2.24) is 14.7 Å². The molecule has 2 N–H and O–H groups in total. The molecule has 2 atom stereocenters. The number of aryl methyl sites for hydroxylation is 1. The van der Waals surface area contributed by atoms with Crippen LogP contribution < -0.4 is 0 Å². The zero-order valence-corrected chi connectivity index (χ0v) is 9.57. The highest BCUT2D eigenvalue weighted by molar-refractivity contribution is 5.74. The van der Waals surface area contributed by atoms with Crippen LogP contribution in [0.1, 0.15) is 12.8 Å². The molecule has 0 spiro atoms. The van der Waals surface area contributed by atoms with E-state index < -0.39 is 18.1 Å². The van der Waals surface area contributed by atoms with Crippen molar-refractivity contribution in [2.75, 3.05) is 13.1 Å². The molecule has 1 saturated heterocycles. The van der Waals surface area contributed by atoms with E-state index in [1.54, 1.807) is 6.20 Å². The van der Waals surface area contributed by atoms with Crippen LogP contribution >= 0.6 is 0 Å². The van der Waals surface area contributed by atoms with Gasteiger partial charge in [0.2, 0.25) is 0 Å². The standard InChI is InChI=1S/C11H17N3O3/c15-9-7-10(11(16)17)13(8-9)4-2-6-14-5-1-3-12-14/h1,3,5,9-10,15H,2,4,6-8H2,(H,16,17)/t9-,10+/m1/s1. The Labute approximate surface area is 99.5 Å². The highest BCUT2D eigenvalue weighted by Gasteiger charge is 2.35. The van der Waals surface area contributed by atoms with Gasteiger partial charge in [0.25, 0.3) is 0 Å². The van der Waals surface area contributed by atoms with Gasteiger partial charge in [-0.05, 0) is 12.5 Å². The lowest BCUT2D eigenvalue weighted by Gasteiger charge is -2.20. The van der Waals surface area contributed by atoms with Crippen LogP contribution in [0.5, 0.6) is 0 Å². The van der Waals surface area contributed by atoms with Crippen LogP contribution in [0.3, 0.4) is 0 Å². The molecule has 0 radical (unpaired) electrons. The summed E-state index contributed by atoms with van der Waals surface area (Å²) in [6.45, 7) is 1.90. The summed E-state index contributed by atoms with van der Waals surface area (Å²) >= 11 is 0. The topological polar surface area (TPSA) is 78.6 Å². The average Bonchev–Trinajstić information content (AvgIpc) is 2.88. The van der Waals surface area contributed by atoms with Crippen LogP contribution in [0.25, 0.3) is 0 Å². The summed E-state index contributed by atoms with van der Waals surface area (Å²) in [5.41, 5.74) is 0. The minimum atomic E-state index is -0.847. The number of carbonyl (C=O) groups is 1. The maximum atomic E-state index is 11.0. The van der Waals surface area contributed by atoms with E-state index in [0.717, 1.165) is 13.0 Å². The number of nitrogens with zero attached hydrogens (tertiary/aromatic N) is 3. The van der Waals surface area contributed by atoms with Crippen LogP contribution in [-0.4, -0.2) is 56.1 Å². The minimum Gasteiger partial charge on any atom is -0.480 e. The van der Waals surface area contributed by atoms with Gasteiger partial charge in [-0.1, -0.05) is 0 Å². The molecule has 1 aromatic heterocycles. The number of carboxylic acids is 1. The van der Waals surface area contributed by atoms with Crippen LogP contribution in [0.4, 0.5) is 0 Å². The van der Waals surface area contributed by atoms with Crippen molar-refractivity contribution in [2.45, 2.75) is 31.5 Å². The van der Waals surface area contributed by atoms with Gasteiger partial charge in [-0.3, -0.25) is 14.4 Å². The van der Waals surface area contributed by atoms with Crippen molar-refractivity contribution < 1.29 is 15.0 Å². The zero-order valence-electron chi connectivity index (χ0n) is 9.57. The molecule has 0 bridgehead atoms. The molecular formula is C11H17N3O3. The number of aromatic nitrogens is 2. The van der Waals surface area contributed by atoms with E-state index in [-0.39, 0.29) is 0 Å². The molecule has 0 aliphatic carbocycles. The molecule has 0 unspecified atom stereocenters. The molecule has 17 heavy (non-hydrogen) atoms. The second-order valence-corrected chi connectivity index (χ2v) is 4.36. The van der Waals surface area contributed by atoms with E-state index in [2.05, 4.69) is 5.10 Å². The van der Waals surface area contributed by atoms with Crippen molar-refractivity contribution in [3.8, 4) is 0 Å². The van der Waals surface area contributed by atoms with E-state index in [0.29, 0.717) is 19.5 Å². The number of aliphatic hydroxyl groups is 1. The second kappa shape index (κ2) is 5.29. The molecule has 1 aliphatic heterocycles. The monoisotopic (exact) mass is 239 g/mol. The third-order valence-electron chi connectivity index (χ3n) is 3.06. The lowest BCUT2D eigenvalue weighted by atomic mass is 10.2. The summed E-state index contributed by atoms with van der Waals surface area (Å²) in [6.07, 6.45) is 4.25. The first kappa shape index (κ1) is 12.1. The Morgan fingerprint density at radius 3 is 2.94 bits per heavy atom. The highest BCUT2D eigenvalue weighted by Crippen LogP contribution is 2.18. The predicted molar refractivity (Wildman–Crippen MR) is 60.5 cm³/mol. The van der Waals surface area contributed by atoms with Crippen LogP contribution in [0.15, 0.2) is 18.5 Å². The molecule has 0 aromatic carbocycles. The number of β-amino-alcohol motifs (C(OH)–C–C–N with tert-alkyl or cyclic N) is 1. The summed E-state index contributed by atoms with van der Waals surface area (Å²) in [6, 6.07) is 1.32. The van der Waals surface area contributed by atoms with Gasteiger partial charge >= 0.3 is 5.97 Å². The van der Waals surface area contributed by atoms with Crippen LogP contribution in [-0.2, 0) is 11.3 Å². The number of rotatable bonds is 5. The van der Waals surface area contributed by atoms with Crippen molar-refractivity contribution in [3.63, 3.8) is 0 Å². The van der Waals surface area contributed by atoms with E-state index in [1.165, 1.54) is 0 Å². The quantitative estimate of drug-likeness (QED) is 0.743. The predicted octanol–water partition coefficient (Wildman–Crippen LogP) is -0.207. The van der Waals surface area contributed by atoms with Gasteiger partial charge in [0, 0.05) is 38.4 Å². The third-order valence-corrected chi connectivity index (χ3v) is 3.06. The van der Waals surface area contributed by atoms with E-state index in [1.807, 2.05) is 21.8 Å². The molecule has 94 valence electrons. The Morgan fingerprint density at radius 1 is 1.47 bits per heavy atom. The fourth-order valence-electron chi connectivity index (χ4n) is 2.25. The van der Waals surface area contributed by atoms with Gasteiger partial charge in [0.1, 0.15) is 6.04 Å². The van der Waals surface area contributed by atoms with E-state index in [4.69, 9.17) is 5.11 Å². The molecule has 1 aromatic rings. The number of carboxylic acid groups (broad SMARTS) is 1. The Kier molecular flexibility index (Phi) is 3.75. The van der Waals surface area contributed by atoms with Crippen molar-refractivity contribution in [1.29, 1.82) is 0 Å². The molecule has 2 heterocycles. The van der Waals surface area contributed by atoms with E-state index in [9.17, 15) is 9.90 Å². The normalized spacial score (nSPS) is 25.2. The Bertz CT molecular complexity index is 366. The van der Waals surface area contributed by atoms with Gasteiger partial charge in [0.05, 0.1) is 6.10 Å². The Hall–Kier alpha value is -1.40. The number of aliphatic hydroxyl groups excluding tert-OH is 1. The van der Waals surface area contributed by atoms with Crippen LogP contribution in [0, 0.1) is 0 Å². The summed E-state index contributed by atoms with van der Waals surface area (Å²) in [7, 11) is 0. The fraction of sp³-hybridized carbons (Fsp3) is 0.636. The van der Waals surface area contributed by atoms with E-state index >= 15 is 0 Å². The molecule has 0 amide bonds. The van der Waals surface area contributed by atoms with Crippen molar-refractivity contribution >= 4 is 5.97 Å². The highest BCUT2D eigenvalue weighted by atomic mass is 16.4. The van der Waals surface area contributed by atoms with Crippen molar-refractivity contribution in [3.05, 3.63) is 18.5 Å². The number of aliphatic carboxylic acids is 1.